The Morgan fingerprint density at radius 3 is 2.79 bits per heavy atom. The molecule has 0 radical (unpaired) electrons. The molecule has 1 aliphatic rings. The Morgan fingerprint density at radius 1 is 1.47 bits per heavy atom. The zero-order chi connectivity index (χ0) is 13.8. The van der Waals surface area contributed by atoms with Crippen molar-refractivity contribution < 1.29 is 9.84 Å². The van der Waals surface area contributed by atoms with Crippen molar-refractivity contribution in [3.8, 4) is 0 Å². The maximum atomic E-state index is 10.2. The molecule has 0 aromatic carbocycles. The van der Waals surface area contributed by atoms with Gasteiger partial charge < -0.3 is 9.84 Å². The highest BCUT2D eigenvalue weighted by atomic mass is 16.5. The fourth-order valence-electron chi connectivity index (χ4n) is 2.88. The number of aryl methyl sites for hydroxylation is 2. The van der Waals surface area contributed by atoms with Crippen LogP contribution in [0.1, 0.15) is 44.5 Å². The number of nitrogens with zero attached hydrogens (tertiary/aromatic N) is 2. The number of ether oxygens (including phenoxy) is 1. The van der Waals surface area contributed by atoms with Crippen LogP contribution in [0.25, 0.3) is 0 Å². The van der Waals surface area contributed by atoms with E-state index in [-0.39, 0.29) is 6.10 Å². The van der Waals surface area contributed by atoms with Gasteiger partial charge in [0.1, 0.15) is 0 Å². The van der Waals surface area contributed by atoms with E-state index >= 15 is 0 Å². The quantitative estimate of drug-likeness (QED) is 0.822. The van der Waals surface area contributed by atoms with Crippen LogP contribution >= 0.6 is 0 Å². The number of hydrogen-bond donors (Lipinski definition) is 1. The molecule has 1 unspecified atom stereocenters. The number of aliphatic hydroxyl groups excluding tert-OH is 1. The summed E-state index contributed by atoms with van der Waals surface area (Å²) >= 11 is 0. The van der Waals surface area contributed by atoms with E-state index in [0.717, 1.165) is 43.7 Å². The largest absolute Gasteiger partial charge is 0.393 e. The minimum atomic E-state index is -0.257. The van der Waals surface area contributed by atoms with E-state index in [1.807, 2.05) is 18.7 Å². The fourth-order valence-corrected chi connectivity index (χ4v) is 2.88. The fraction of sp³-hybridized carbons (Fsp3) is 0.800. The van der Waals surface area contributed by atoms with Crippen LogP contribution in [0.3, 0.4) is 0 Å². The number of rotatable bonds is 7. The third-order valence-corrected chi connectivity index (χ3v) is 4.03. The first-order chi connectivity index (χ1) is 9.12. The van der Waals surface area contributed by atoms with Gasteiger partial charge in [0.25, 0.3) is 0 Å². The molecule has 19 heavy (non-hydrogen) atoms. The van der Waals surface area contributed by atoms with E-state index in [9.17, 15) is 5.11 Å². The van der Waals surface area contributed by atoms with Gasteiger partial charge >= 0.3 is 0 Å². The molecule has 4 heteroatoms. The molecule has 1 fully saturated rings. The van der Waals surface area contributed by atoms with Gasteiger partial charge in [0.05, 0.1) is 17.9 Å². The second kappa shape index (κ2) is 6.53. The van der Waals surface area contributed by atoms with E-state index in [0.29, 0.717) is 18.4 Å². The predicted octanol–water partition coefficient (Wildman–Crippen LogP) is 2.09. The number of hydrogen-bond acceptors (Lipinski definition) is 3. The Balaban J connectivity index is 1.75. The lowest BCUT2D eigenvalue weighted by Crippen LogP contribution is -2.34. The zero-order valence-corrected chi connectivity index (χ0v) is 12.3. The molecular formula is C15H26N2O2. The van der Waals surface area contributed by atoms with Crippen molar-refractivity contribution in [1.29, 1.82) is 0 Å². The summed E-state index contributed by atoms with van der Waals surface area (Å²) in [7, 11) is 1.95. The SMILES string of the molecule is CCOC1CC(CC(O)Cc2cc(CC)nn2C)C1. The van der Waals surface area contributed by atoms with Crippen molar-refractivity contribution in [2.24, 2.45) is 13.0 Å². The van der Waals surface area contributed by atoms with Gasteiger partial charge in [0, 0.05) is 25.8 Å². The van der Waals surface area contributed by atoms with Crippen molar-refractivity contribution in [3.05, 3.63) is 17.5 Å². The summed E-state index contributed by atoms with van der Waals surface area (Å²) < 4.78 is 7.44. The molecule has 0 spiro atoms. The molecular weight excluding hydrogens is 240 g/mol. The lowest BCUT2D eigenvalue weighted by molar-refractivity contribution is -0.0376. The molecule has 2 rings (SSSR count). The van der Waals surface area contributed by atoms with Crippen molar-refractivity contribution in [2.45, 2.75) is 58.2 Å². The summed E-state index contributed by atoms with van der Waals surface area (Å²) in [4.78, 5) is 0. The van der Waals surface area contributed by atoms with Crippen LogP contribution in [-0.4, -0.2) is 33.7 Å². The highest BCUT2D eigenvalue weighted by Gasteiger charge is 2.31. The van der Waals surface area contributed by atoms with Crippen molar-refractivity contribution >= 4 is 0 Å². The summed E-state index contributed by atoms with van der Waals surface area (Å²) in [5, 5.41) is 14.6. The molecule has 1 aliphatic carbocycles. The molecule has 1 aromatic rings. The van der Waals surface area contributed by atoms with E-state index in [2.05, 4.69) is 18.1 Å². The molecule has 108 valence electrons. The minimum Gasteiger partial charge on any atom is -0.393 e. The van der Waals surface area contributed by atoms with Crippen LogP contribution < -0.4 is 0 Å². The molecule has 1 N–H and O–H groups in total. The van der Waals surface area contributed by atoms with Gasteiger partial charge in [-0.25, -0.2) is 0 Å². The predicted molar refractivity (Wildman–Crippen MR) is 75.1 cm³/mol. The standard InChI is InChI=1S/C15H26N2O2/c1-4-12-9-13(17(3)16-12)10-14(18)6-11-7-15(8-11)19-5-2/h9,11,14-15,18H,4-8,10H2,1-3H3. The van der Waals surface area contributed by atoms with Gasteiger partial charge in [-0.2, -0.15) is 5.10 Å². The average Bonchev–Trinajstić information content (AvgIpc) is 2.67. The van der Waals surface area contributed by atoms with Crippen LogP contribution in [0.2, 0.25) is 0 Å². The first-order valence-corrected chi connectivity index (χ1v) is 7.43. The van der Waals surface area contributed by atoms with Gasteiger partial charge in [-0.3, -0.25) is 4.68 Å². The maximum Gasteiger partial charge on any atom is 0.0624 e. The van der Waals surface area contributed by atoms with Crippen LogP contribution in [-0.2, 0) is 24.6 Å². The van der Waals surface area contributed by atoms with Crippen LogP contribution in [0.5, 0.6) is 0 Å². The van der Waals surface area contributed by atoms with E-state index in [4.69, 9.17) is 4.74 Å². The lowest BCUT2D eigenvalue weighted by Gasteiger charge is -2.36. The highest BCUT2D eigenvalue weighted by molar-refractivity contribution is 5.11. The molecule has 0 saturated heterocycles. The number of aliphatic hydroxyl groups is 1. The smallest absolute Gasteiger partial charge is 0.0624 e. The van der Waals surface area contributed by atoms with Crippen LogP contribution in [0.4, 0.5) is 0 Å². The topological polar surface area (TPSA) is 47.3 Å². The van der Waals surface area contributed by atoms with Gasteiger partial charge in [-0.05, 0) is 44.6 Å². The third-order valence-electron chi connectivity index (χ3n) is 4.03. The molecule has 0 aliphatic heterocycles. The summed E-state index contributed by atoms with van der Waals surface area (Å²) in [5.74, 6) is 0.630. The summed E-state index contributed by atoms with van der Waals surface area (Å²) in [6.07, 6.45) is 4.93. The summed E-state index contributed by atoms with van der Waals surface area (Å²) in [6.45, 7) is 4.94. The lowest BCUT2D eigenvalue weighted by atomic mass is 9.78. The van der Waals surface area contributed by atoms with Crippen LogP contribution in [0.15, 0.2) is 6.07 Å². The van der Waals surface area contributed by atoms with Crippen LogP contribution in [0, 0.1) is 5.92 Å². The molecule has 1 saturated carbocycles. The number of aromatic nitrogens is 2. The first-order valence-electron chi connectivity index (χ1n) is 7.43. The van der Waals surface area contributed by atoms with Crippen molar-refractivity contribution in [3.63, 3.8) is 0 Å². The minimum absolute atomic E-state index is 0.257. The second-order valence-electron chi connectivity index (χ2n) is 5.61. The van der Waals surface area contributed by atoms with E-state index in [1.165, 1.54) is 0 Å². The Labute approximate surface area is 115 Å². The third kappa shape index (κ3) is 3.80. The molecule has 0 amide bonds. The second-order valence-corrected chi connectivity index (χ2v) is 5.61. The Hall–Kier alpha value is -0.870. The monoisotopic (exact) mass is 266 g/mol. The molecule has 0 bridgehead atoms. The Morgan fingerprint density at radius 2 is 2.21 bits per heavy atom. The molecule has 4 nitrogen and oxygen atoms in total. The summed E-state index contributed by atoms with van der Waals surface area (Å²) in [6, 6.07) is 2.10. The van der Waals surface area contributed by atoms with Crippen molar-refractivity contribution in [1.82, 2.24) is 9.78 Å². The molecule has 1 atom stereocenters. The average molecular weight is 266 g/mol. The van der Waals surface area contributed by atoms with Crippen molar-refractivity contribution in [2.75, 3.05) is 6.61 Å². The summed E-state index contributed by atoms with van der Waals surface area (Å²) in [5.41, 5.74) is 2.23. The molecule has 1 aromatic heterocycles. The maximum absolute atomic E-state index is 10.2. The van der Waals surface area contributed by atoms with Gasteiger partial charge in [-0.15, -0.1) is 0 Å². The zero-order valence-electron chi connectivity index (χ0n) is 12.3. The Kier molecular flexibility index (Phi) is 4.99. The van der Waals surface area contributed by atoms with E-state index in [1.54, 1.807) is 0 Å². The normalized spacial score (nSPS) is 24.2. The Bertz CT molecular complexity index is 397. The van der Waals surface area contributed by atoms with Gasteiger partial charge in [0.2, 0.25) is 0 Å². The molecule has 1 heterocycles. The highest BCUT2D eigenvalue weighted by Crippen LogP contribution is 2.34. The first kappa shape index (κ1) is 14.5. The van der Waals surface area contributed by atoms with Gasteiger partial charge in [-0.1, -0.05) is 6.92 Å². The van der Waals surface area contributed by atoms with Gasteiger partial charge in [0.15, 0.2) is 0 Å². The van der Waals surface area contributed by atoms with E-state index < -0.39 is 0 Å².